The van der Waals surface area contributed by atoms with Crippen LogP contribution in [0.25, 0.3) is 16.8 Å². The molecule has 132 valence electrons. The molecule has 0 aliphatic carbocycles. The highest BCUT2D eigenvalue weighted by molar-refractivity contribution is 6.29. The van der Waals surface area contributed by atoms with E-state index in [9.17, 15) is 4.39 Å². The molecule has 0 N–H and O–H groups in total. The number of fused-ring (bicyclic) bond motifs is 1. The van der Waals surface area contributed by atoms with Crippen molar-refractivity contribution >= 4 is 17.2 Å². The van der Waals surface area contributed by atoms with E-state index in [0.29, 0.717) is 10.7 Å². The van der Waals surface area contributed by atoms with Gasteiger partial charge in [0.2, 0.25) is 0 Å². The van der Waals surface area contributed by atoms with Gasteiger partial charge in [-0.25, -0.2) is 9.37 Å². The van der Waals surface area contributed by atoms with Crippen LogP contribution in [0.3, 0.4) is 0 Å². The third-order valence-corrected chi connectivity index (χ3v) is 4.73. The fraction of sp³-hybridized carbons (Fsp3) is 0.350. The molecule has 1 aromatic carbocycles. The van der Waals surface area contributed by atoms with Crippen LogP contribution in [0, 0.1) is 11.2 Å². The first-order valence-corrected chi connectivity index (χ1v) is 8.67. The Balaban J connectivity index is 1.96. The van der Waals surface area contributed by atoms with Crippen LogP contribution >= 0.6 is 11.6 Å². The second kappa shape index (κ2) is 6.77. The Morgan fingerprint density at radius 3 is 2.68 bits per heavy atom. The van der Waals surface area contributed by atoms with Crippen molar-refractivity contribution in [2.45, 2.75) is 40.4 Å². The Morgan fingerprint density at radius 2 is 1.96 bits per heavy atom. The summed E-state index contributed by atoms with van der Waals surface area (Å²) in [4.78, 5) is 4.20. The number of hydrogen-bond acceptors (Lipinski definition) is 2. The van der Waals surface area contributed by atoms with Crippen LogP contribution in [0.4, 0.5) is 4.39 Å². The van der Waals surface area contributed by atoms with E-state index < -0.39 is 0 Å². The van der Waals surface area contributed by atoms with Crippen LogP contribution in [0.2, 0.25) is 5.15 Å². The van der Waals surface area contributed by atoms with E-state index in [0.717, 1.165) is 16.8 Å². The summed E-state index contributed by atoms with van der Waals surface area (Å²) in [5, 5.41) is 0.430. The van der Waals surface area contributed by atoms with Crippen LogP contribution in [0.1, 0.15) is 33.3 Å². The summed E-state index contributed by atoms with van der Waals surface area (Å²) >= 11 is 5.95. The normalized spacial score (nSPS) is 13.4. The molecule has 0 saturated carbocycles. The van der Waals surface area contributed by atoms with E-state index in [1.807, 2.05) is 35.7 Å². The minimum absolute atomic E-state index is 0.00209. The number of aromatic nitrogens is 2. The van der Waals surface area contributed by atoms with Crippen molar-refractivity contribution < 1.29 is 9.13 Å². The van der Waals surface area contributed by atoms with E-state index in [2.05, 4.69) is 25.8 Å². The second-order valence-corrected chi connectivity index (χ2v) is 7.72. The van der Waals surface area contributed by atoms with Gasteiger partial charge in [-0.05, 0) is 41.7 Å². The highest BCUT2D eigenvalue weighted by Crippen LogP contribution is 2.29. The minimum Gasteiger partial charge on any atom is -0.373 e. The van der Waals surface area contributed by atoms with E-state index in [1.54, 1.807) is 12.3 Å². The highest BCUT2D eigenvalue weighted by Gasteiger charge is 2.22. The lowest BCUT2D eigenvalue weighted by Gasteiger charge is -2.27. The summed E-state index contributed by atoms with van der Waals surface area (Å²) in [7, 11) is 0. The quantitative estimate of drug-likeness (QED) is 0.592. The summed E-state index contributed by atoms with van der Waals surface area (Å²) in [5.74, 6) is -0.262. The number of imidazole rings is 1. The Hall–Kier alpha value is -1.91. The van der Waals surface area contributed by atoms with Crippen molar-refractivity contribution in [3.63, 3.8) is 0 Å². The number of nitrogens with zero attached hydrogens (tertiary/aromatic N) is 2. The number of halogens is 2. The molecule has 0 aliphatic rings. The fourth-order valence-electron chi connectivity index (χ4n) is 2.55. The number of hydrogen-bond donors (Lipinski definition) is 0. The number of ether oxygens (including phenoxy) is 1. The van der Waals surface area contributed by atoms with Gasteiger partial charge in [-0.2, -0.15) is 0 Å². The lowest BCUT2D eigenvalue weighted by molar-refractivity contribution is -0.0161. The molecule has 3 aromatic rings. The van der Waals surface area contributed by atoms with Gasteiger partial charge in [0, 0.05) is 18.0 Å². The van der Waals surface area contributed by atoms with Crippen LogP contribution in [-0.2, 0) is 11.3 Å². The number of pyridine rings is 1. The number of benzene rings is 1. The van der Waals surface area contributed by atoms with Gasteiger partial charge < -0.3 is 9.14 Å². The van der Waals surface area contributed by atoms with E-state index >= 15 is 0 Å². The minimum atomic E-state index is -0.262. The van der Waals surface area contributed by atoms with Gasteiger partial charge in [-0.1, -0.05) is 44.5 Å². The van der Waals surface area contributed by atoms with Gasteiger partial charge in [0.1, 0.15) is 16.6 Å². The fourth-order valence-corrected chi connectivity index (χ4v) is 2.75. The summed E-state index contributed by atoms with van der Waals surface area (Å²) < 4.78 is 22.3. The van der Waals surface area contributed by atoms with Crippen LogP contribution in [0.15, 0.2) is 42.7 Å². The Kier molecular flexibility index (Phi) is 4.85. The molecule has 0 bridgehead atoms. The zero-order chi connectivity index (χ0) is 18.2. The van der Waals surface area contributed by atoms with Gasteiger partial charge in [0.25, 0.3) is 0 Å². The predicted octanol–water partition coefficient (Wildman–Crippen LogP) is 5.75. The summed E-state index contributed by atoms with van der Waals surface area (Å²) in [6.07, 6.45) is 3.65. The van der Waals surface area contributed by atoms with E-state index in [1.165, 1.54) is 6.07 Å². The molecule has 0 saturated heterocycles. The van der Waals surface area contributed by atoms with Crippen molar-refractivity contribution in [1.82, 2.24) is 9.38 Å². The molecule has 3 rings (SSSR count). The van der Waals surface area contributed by atoms with Crippen LogP contribution in [-0.4, -0.2) is 15.5 Å². The highest BCUT2D eigenvalue weighted by atomic mass is 35.5. The molecule has 1 atom stereocenters. The first kappa shape index (κ1) is 17.9. The van der Waals surface area contributed by atoms with Gasteiger partial charge >= 0.3 is 0 Å². The third kappa shape index (κ3) is 3.86. The second-order valence-electron chi connectivity index (χ2n) is 7.33. The monoisotopic (exact) mass is 360 g/mol. The standard InChI is InChI=1S/C20H22ClFN2O/c1-13(20(2,3)4)25-12-16-15(6-5-7-17(16)22)14-8-9-19-23-18(21)11-24(19)10-14/h5-11,13H,12H2,1-4H3. The Morgan fingerprint density at radius 1 is 1.20 bits per heavy atom. The topological polar surface area (TPSA) is 26.5 Å². The van der Waals surface area contributed by atoms with E-state index in [-0.39, 0.29) is 23.9 Å². The maximum Gasteiger partial charge on any atom is 0.148 e. The molecule has 0 aliphatic heterocycles. The summed E-state index contributed by atoms with van der Waals surface area (Å²) in [5.41, 5.74) is 3.02. The lowest BCUT2D eigenvalue weighted by atomic mass is 9.90. The van der Waals surface area contributed by atoms with Crippen molar-refractivity contribution in [3.05, 3.63) is 59.3 Å². The van der Waals surface area contributed by atoms with Gasteiger partial charge in [-0.15, -0.1) is 0 Å². The van der Waals surface area contributed by atoms with Crippen molar-refractivity contribution in [1.29, 1.82) is 0 Å². The molecule has 0 fully saturated rings. The number of rotatable bonds is 4. The van der Waals surface area contributed by atoms with Crippen LogP contribution < -0.4 is 0 Å². The molecule has 3 nitrogen and oxygen atoms in total. The molecule has 5 heteroatoms. The molecular weight excluding hydrogens is 339 g/mol. The smallest absolute Gasteiger partial charge is 0.148 e. The van der Waals surface area contributed by atoms with Crippen LogP contribution in [0.5, 0.6) is 0 Å². The van der Waals surface area contributed by atoms with Gasteiger partial charge in [-0.3, -0.25) is 0 Å². The molecule has 0 spiro atoms. The largest absolute Gasteiger partial charge is 0.373 e. The summed E-state index contributed by atoms with van der Waals surface area (Å²) in [6.45, 7) is 8.56. The maximum absolute atomic E-state index is 14.5. The Labute approximate surface area is 152 Å². The average molecular weight is 361 g/mol. The van der Waals surface area contributed by atoms with Crippen molar-refractivity contribution in [2.24, 2.45) is 5.41 Å². The predicted molar refractivity (Wildman–Crippen MR) is 99.3 cm³/mol. The van der Waals surface area contributed by atoms with Gasteiger partial charge in [0.15, 0.2) is 0 Å². The molecular formula is C20H22ClFN2O. The zero-order valence-electron chi connectivity index (χ0n) is 14.9. The Bertz CT molecular complexity index is 898. The first-order valence-electron chi connectivity index (χ1n) is 8.29. The zero-order valence-corrected chi connectivity index (χ0v) is 15.6. The van der Waals surface area contributed by atoms with Crippen molar-refractivity contribution in [3.8, 4) is 11.1 Å². The van der Waals surface area contributed by atoms with Crippen molar-refractivity contribution in [2.75, 3.05) is 0 Å². The molecule has 0 amide bonds. The third-order valence-electron chi connectivity index (χ3n) is 4.55. The molecule has 2 heterocycles. The van der Waals surface area contributed by atoms with Gasteiger partial charge in [0.05, 0.1) is 12.7 Å². The molecule has 2 aromatic heterocycles. The lowest BCUT2D eigenvalue weighted by Crippen LogP contribution is -2.26. The van der Waals surface area contributed by atoms with E-state index in [4.69, 9.17) is 16.3 Å². The molecule has 0 radical (unpaired) electrons. The SMILES string of the molecule is CC(OCc1c(F)cccc1-c1ccc2nc(Cl)cn2c1)C(C)(C)C. The maximum atomic E-state index is 14.5. The first-order chi connectivity index (χ1) is 11.8. The average Bonchev–Trinajstić information content (AvgIpc) is 2.91. The molecule has 25 heavy (non-hydrogen) atoms. The summed E-state index contributed by atoms with van der Waals surface area (Å²) in [6, 6.07) is 8.88. The molecule has 1 unspecified atom stereocenters.